The monoisotopic (exact) mass is 248 g/mol. The first-order valence-electron chi connectivity index (χ1n) is 6.85. The van der Waals surface area contributed by atoms with E-state index in [9.17, 15) is 0 Å². The van der Waals surface area contributed by atoms with Crippen LogP contribution in [0.15, 0.2) is 24.3 Å². The van der Waals surface area contributed by atoms with Crippen LogP contribution in [0.25, 0.3) is 0 Å². The van der Waals surface area contributed by atoms with Gasteiger partial charge in [0.05, 0.1) is 6.61 Å². The van der Waals surface area contributed by atoms with E-state index in [0.717, 1.165) is 25.9 Å². The molecule has 0 saturated carbocycles. The van der Waals surface area contributed by atoms with Gasteiger partial charge < -0.3 is 15.7 Å². The standard InChI is InChI=1S/C15H24N2O/c1-15(16,12-18)9-5-11-17-10-4-7-13-6-2-3-8-14(13)17/h2-3,6,8,18H,4-5,7,9-12,16H2,1H3. The highest BCUT2D eigenvalue weighted by molar-refractivity contribution is 5.55. The summed E-state index contributed by atoms with van der Waals surface area (Å²) in [6.07, 6.45) is 4.32. The van der Waals surface area contributed by atoms with E-state index < -0.39 is 5.54 Å². The Morgan fingerprint density at radius 2 is 2.17 bits per heavy atom. The summed E-state index contributed by atoms with van der Waals surface area (Å²) in [5, 5.41) is 9.15. The molecule has 3 heteroatoms. The first kappa shape index (κ1) is 13.4. The predicted molar refractivity (Wildman–Crippen MR) is 75.9 cm³/mol. The van der Waals surface area contributed by atoms with Crippen LogP contribution in [-0.2, 0) is 6.42 Å². The van der Waals surface area contributed by atoms with Gasteiger partial charge in [0.15, 0.2) is 0 Å². The number of fused-ring (bicyclic) bond motifs is 1. The summed E-state index contributed by atoms with van der Waals surface area (Å²) in [4.78, 5) is 2.45. The van der Waals surface area contributed by atoms with Crippen LogP contribution in [0.1, 0.15) is 31.7 Å². The molecule has 1 atom stereocenters. The van der Waals surface area contributed by atoms with Crippen molar-refractivity contribution in [3.05, 3.63) is 29.8 Å². The lowest BCUT2D eigenvalue weighted by atomic mass is 9.97. The van der Waals surface area contributed by atoms with Crippen molar-refractivity contribution < 1.29 is 5.11 Å². The molecule has 0 spiro atoms. The Labute approximate surface area is 110 Å². The fourth-order valence-corrected chi connectivity index (χ4v) is 2.60. The Morgan fingerprint density at radius 3 is 2.94 bits per heavy atom. The number of aryl methyl sites for hydroxylation is 1. The van der Waals surface area contributed by atoms with Crippen molar-refractivity contribution >= 4 is 5.69 Å². The van der Waals surface area contributed by atoms with Gasteiger partial charge in [-0.15, -0.1) is 0 Å². The summed E-state index contributed by atoms with van der Waals surface area (Å²) in [5.41, 5.74) is 8.36. The van der Waals surface area contributed by atoms with Crippen LogP contribution in [0, 0.1) is 0 Å². The molecule has 0 aliphatic carbocycles. The molecule has 1 aliphatic heterocycles. The highest BCUT2D eigenvalue weighted by Crippen LogP contribution is 2.27. The maximum absolute atomic E-state index is 9.15. The van der Waals surface area contributed by atoms with Gasteiger partial charge in [-0.2, -0.15) is 0 Å². The smallest absolute Gasteiger partial charge is 0.0608 e. The van der Waals surface area contributed by atoms with Crippen molar-refractivity contribution in [1.82, 2.24) is 0 Å². The van der Waals surface area contributed by atoms with Gasteiger partial charge in [-0.1, -0.05) is 18.2 Å². The quantitative estimate of drug-likeness (QED) is 0.837. The van der Waals surface area contributed by atoms with Crippen molar-refractivity contribution in [2.75, 3.05) is 24.6 Å². The minimum atomic E-state index is -0.435. The predicted octanol–water partition coefficient (Wildman–Crippen LogP) is 1.93. The second-order valence-electron chi connectivity index (χ2n) is 5.64. The summed E-state index contributed by atoms with van der Waals surface area (Å²) < 4.78 is 0. The third-order valence-corrected chi connectivity index (χ3v) is 3.74. The topological polar surface area (TPSA) is 49.5 Å². The van der Waals surface area contributed by atoms with Gasteiger partial charge in [-0.3, -0.25) is 0 Å². The van der Waals surface area contributed by atoms with Crippen LogP contribution in [-0.4, -0.2) is 30.3 Å². The minimum Gasteiger partial charge on any atom is -0.394 e. The Balaban J connectivity index is 1.92. The lowest BCUT2D eigenvalue weighted by Gasteiger charge is -2.32. The SMILES string of the molecule is CC(N)(CO)CCCN1CCCc2ccccc21. The summed E-state index contributed by atoms with van der Waals surface area (Å²) in [6.45, 7) is 4.14. The number of aliphatic hydroxyl groups excluding tert-OH is 1. The molecule has 0 bridgehead atoms. The zero-order valence-electron chi connectivity index (χ0n) is 11.2. The number of benzene rings is 1. The van der Waals surface area contributed by atoms with Crippen molar-refractivity contribution in [3.63, 3.8) is 0 Å². The molecule has 0 aromatic heterocycles. The van der Waals surface area contributed by atoms with E-state index in [1.54, 1.807) is 0 Å². The largest absolute Gasteiger partial charge is 0.394 e. The Kier molecular flexibility index (Phi) is 4.25. The van der Waals surface area contributed by atoms with E-state index in [2.05, 4.69) is 29.2 Å². The number of hydrogen-bond donors (Lipinski definition) is 2. The molecule has 1 unspecified atom stereocenters. The van der Waals surface area contributed by atoms with E-state index in [1.165, 1.54) is 24.1 Å². The maximum Gasteiger partial charge on any atom is 0.0608 e. The molecular weight excluding hydrogens is 224 g/mol. The number of hydrogen-bond acceptors (Lipinski definition) is 3. The van der Waals surface area contributed by atoms with Crippen LogP contribution in [0.4, 0.5) is 5.69 Å². The Hall–Kier alpha value is -1.06. The molecule has 2 rings (SSSR count). The van der Waals surface area contributed by atoms with Gasteiger partial charge in [0.25, 0.3) is 0 Å². The van der Waals surface area contributed by atoms with E-state index in [1.807, 2.05) is 6.92 Å². The summed E-state index contributed by atoms with van der Waals surface area (Å²) in [5.74, 6) is 0. The van der Waals surface area contributed by atoms with Crippen molar-refractivity contribution in [1.29, 1.82) is 0 Å². The first-order valence-corrected chi connectivity index (χ1v) is 6.85. The zero-order valence-corrected chi connectivity index (χ0v) is 11.2. The number of rotatable bonds is 5. The molecule has 1 aromatic carbocycles. The van der Waals surface area contributed by atoms with E-state index in [-0.39, 0.29) is 6.61 Å². The van der Waals surface area contributed by atoms with Gasteiger partial charge in [-0.25, -0.2) is 0 Å². The highest BCUT2D eigenvalue weighted by Gasteiger charge is 2.19. The number of nitrogens with two attached hydrogens (primary N) is 1. The normalized spacial score (nSPS) is 18.3. The fraction of sp³-hybridized carbons (Fsp3) is 0.600. The molecule has 1 heterocycles. The second-order valence-corrected chi connectivity index (χ2v) is 5.64. The molecule has 1 aromatic rings. The minimum absolute atomic E-state index is 0.0591. The fourth-order valence-electron chi connectivity index (χ4n) is 2.60. The van der Waals surface area contributed by atoms with Gasteiger partial charge in [0.1, 0.15) is 0 Å². The average molecular weight is 248 g/mol. The van der Waals surface area contributed by atoms with Crippen LogP contribution in [0.3, 0.4) is 0 Å². The van der Waals surface area contributed by atoms with Gasteiger partial charge in [0, 0.05) is 24.3 Å². The molecule has 0 saturated heterocycles. The number of nitrogens with zero attached hydrogens (tertiary/aromatic N) is 1. The van der Waals surface area contributed by atoms with Gasteiger partial charge in [0.2, 0.25) is 0 Å². The number of anilines is 1. The first-order chi connectivity index (χ1) is 8.62. The average Bonchev–Trinajstić information content (AvgIpc) is 2.39. The molecule has 100 valence electrons. The highest BCUT2D eigenvalue weighted by atomic mass is 16.3. The van der Waals surface area contributed by atoms with Crippen LogP contribution >= 0.6 is 0 Å². The summed E-state index contributed by atoms with van der Waals surface area (Å²) >= 11 is 0. The van der Waals surface area contributed by atoms with Gasteiger partial charge >= 0.3 is 0 Å². The zero-order chi connectivity index (χ0) is 13.0. The molecule has 18 heavy (non-hydrogen) atoms. The molecule has 3 nitrogen and oxygen atoms in total. The molecule has 0 amide bonds. The third-order valence-electron chi connectivity index (χ3n) is 3.74. The molecule has 1 aliphatic rings. The molecule has 0 radical (unpaired) electrons. The second kappa shape index (κ2) is 5.72. The van der Waals surface area contributed by atoms with Crippen molar-refractivity contribution in [2.45, 2.75) is 38.1 Å². The Bertz CT molecular complexity index is 390. The van der Waals surface area contributed by atoms with E-state index in [4.69, 9.17) is 10.8 Å². The maximum atomic E-state index is 9.15. The molecule has 0 fully saturated rings. The summed E-state index contributed by atoms with van der Waals surface area (Å²) in [7, 11) is 0. The lowest BCUT2D eigenvalue weighted by molar-refractivity contribution is 0.198. The number of aliphatic hydroxyl groups is 1. The van der Waals surface area contributed by atoms with E-state index >= 15 is 0 Å². The van der Waals surface area contributed by atoms with Crippen molar-refractivity contribution in [2.24, 2.45) is 5.73 Å². The number of para-hydroxylation sites is 1. The van der Waals surface area contributed by atoms with E-state index in [0.29, 0.717) is 0 Å². The van der Waals surface area contributed by atoms with Gasteiger partial charge in [-0.05, 0) is 44.2 Å². The Morgan fingerprint density at radius 1 is 1.39 bits per heavy atom. The molecule has 3 N–H and O–H groups in total. The molecular formula is C15H24N2O. The lowest BCUT2D eigenvalue weighted by Crippen LogP contribution is -2.41. The van der Waals surface area contributed by atoms with Crippen LogP contribution in [0.2, 0.25) is 0 Å². The van der Waals surface area contributed by atoms with Crippen molar-refractivity contribution in [3.8, 4) is 0 Å². The van der Waals surface area contributed by atoms with Crippen LogP contribution in [0.5, 0.6) is 0 Å². The third kappa shape index (κ3) is 3.24. The summed E-state index contributed by atoms with van der Waals surface area (Å²) in [6, 6.07) is 8.66. The van der Waals surface area contributed by atoms with Crippen LogP contribution < -0.4 is 10.6 Å².